The highest BCUT2D eigenvalue weighted by atomic mass is 35.5. The van der Waals surface area contributed by atoms with Crippen LogP contribution >= 0.6 is 11.6 Å². The SMILES string of the molecule is CCCN(CC(=O)Nc1cc(C(C)(C)C)nn1-c1cccc(C)c1)C(=O)Nc1ccc(C)c(Cl)c1. The third kappa shape index (κ3) is 6.85. The Morgan fingerprint density at radius 3 is 2.43 bits per heavy atom. The molecule has 0 fully saturated rings. The Bertz CT molecular complexity index is 1210. The molecule has 0 bridgehead atoms. The van der Waals surface area contributed by atoms with Gasteiger partial charge in [0.2, 0.25) is 5.91 Å². The predicted octanol–water partition coefficient (Wildman–Crippen LogP) is 6.32. The van der Waals surface area contributed by atoms with Crippen molar-refractivity contribution in [3.63, 3.8) is 0 Å². The Kier molecular flexibility index (Phi) is 8.22. The van der Waals surface area contributed by atoms with Crippen LogP contribution in [0, 0.1) is 13.8 Å². The van der Waals surface area contributed by atoms with Crippen molar-refractivity contribution in [1.82, 2.24) is 14.7 Å². The molecule has 7 nitrogen and oxygen atoms in total. The Balaban J connectivity index is 1.80. The normalized spacial score (nSPS) is 11.3. The molecule has 186 valence electrons. The summed E-state index contributed by atoms with van der Waals surface area (Å²) in [4.78, 5) is 27.5. The number of rotatable bonds is 7. The summed E-state index contributed by atoms with van der Waals surface area (Å²) in [6.07, 6.45) is 0.713. The maximum Gasteiger partial charge on any atom is 0.322 e. The number of anilines is 2. The molecule has 0 saturated carbocycles. The lowest BCUT2D eigenvalue weighted by molar-refractivity contribution is -0.116. The highest BCUT2D eigenvalue weighted by Gasteiger charge is 2.23. The van der Waals surface area contributed by atoms with Gasteiger partial charge in [-0.05, 0) is 55.7 Å². The van der Waals surface area contributed by atoms with E-state index in [2.05, 4.69) is 31.4 Å². The Labute approximate surface area is 212 Å². The molecule has 3 rings (SSSR count). The number of benzene rings is 2. The highest BCUT2D eigenvalue weighted by molar-refractivity contribution is 6.31. The number of hydrogen-bond acceptors (Lipinski definition) is 3. The summed E-state index contributed by atoms with van der Waals surface area (Å²) in [5.74, 6) is 0.262. The summed E-state index contributed by atoms with van der Waals surface area (Å²) in [7, 11) is 0. The zero-order chi connectivity index (χ0) is 25.8. The summed E-state index contributed by atoms with van der Waals surface area (Å²) in [5, 5.41) is 11.1. The molecule has 3 amide bonds. The van der Waals surface area contributed by atoms with Crippen molar-refractivity contribution >= 4 is 35.0 Å². The van der Waals surface area contributed by atoms with E-state index in [1.165, 1.54) is 4.90 Å². The lowest BCUT2D eigenvalue weighted by Crippen LogP contribution is -2.41. The smallest absolute Gasteiger partial charge is 0.315 e. The molecule has 8 heteroatoms. The minimum atomic E-state index is -0.357. The number of urea groups is 1. The van der Waals surface area contributed by atoms with Crippen LogP contribution in [-0.4, -0.2) is 39.7 Å². The molecular formula is C27H34ClN5O2. The molecule has 0 aliphatic carbocycles. The van der Waals surface area contributed by atoms with Gasteiger partial charge < -0.3 is 15.5 Å². The molecular weight excluding hydrogens is 462 g/mol. The molecule has 0 spiro atoms. The Morgan fingerprint density at radius 2 is 1.80 bits per heavy atom. The number of nitrogens with zero attached hydrogens (tertiary/aromatic N) is 3. The number of hydrogen-bond donors (Lipinski definition) is 2. The van der Waals surface area contributed by atoms with Crippen LogP contribution in [0.1, 0.15) is 50.9 Å². The third-order valence-corrected chi connectivity index (χ3v) is 5.94. The van der Waals surface area contributed by atoms with Gasteiger partial charge in [-0.3, -0.25) is 4.79 Å². The molecule has 2 aromatic carbocycles. The van der Waals surface area contributed by atoms with Crippen molar-refractivity contribution in [3.8, 4) is 5.69 Å². The van der Waals surface area contributed by atoms with Gasteiger partial charge in [-0.25, -0.2) is 9.48 Å². The largest absolute Gasteiger partial charge is 0.322 e. The third-order valence-electron chi connectivity index (χ3n) is 5.53. The van der Waals surface area contributed by atoms with Gasteiger partial charge in [0.15, 0.2) is 0 Å². The fourth-order valence-corrected chi connectivity index (χ4v) is 3.72. The fourth-order valence-electron chi connectivity index (χ4n) is 3.54. The number of carbonyl (C=O) groups is 2. The van der Waals surface area contributed by atoms with E-state index < -0.39 is 0 Å². The van der Waals surface area contributed by atoms with Crippen LogP contribution in [0.3, 0.4) is 0 Å². The summed E-state index contributed by atoms with van der Waals surface area (Å²) in [5.41, 5.74) is 4.12. The lowest BCUT2D eigenvalue weighted by atomic mass is 9.92. The van der Waals surface area contributed by atoms with E-state index in [-0.39, 0.29) is 23.9 Å². The zero-order valence-corrected chi connectivity index (χ0v) is 22.0. The van der Waals surface area contributed by atoms with Gasteiger partial charge in [0.1, 0.15) is 12.4 Å². The first kappa shape index (κ1) is 26.3. The van der Waals surface area contributed by atoms with E-state index in [4.69, 9.17) is 16.7 Å². The van der Waals surface area contributed by atoms with Crippen molar-refractivity contribution in [2.75, 3.05) is 23.7 Å². The fraction of sp³-hybridized carbons (Fsp3) is 0.370. The van der Waals surface area contributed by atoms with Gasteiger partial charge in [0, 0.05) is 28.7 Å². The molecule has 0 radical (unpaired) electrons. The van der Waals surface area contributed by atoms with Crippen LogP contribution < -0.4 is 10.6 Å². The maximum atomic E-state index is 13.1. The number of nitrogens with one attached hydrogen (secondary N) is 2. The summed E-state index contributed by atoms with van der Waals surface area (Å²) < 4.78 is 1.74. The van der Waals surface area contributed by atoms with Gasteiger partial charge in [0.05, 0.1) is 11.4 Å². The minimum absolute atomic E-state index is 0.0941. The Hall–Kier alpha value is -3.32. The first-order valence-corrected chi connectivity index (χ1v) is 12.1. The second-order valence-electron chi connectivity index (χ2n) is 9.78. The molecule has 0 atom stereocenters. The molecule has 35 heavy (non-hydrogen) atoms. The van der Waals surface area contributed by atoms with E-state index in [0.717, 1.165) is 22.5 Å². The minimum Gasteiger partial charge on any atom is -0.315 e. The number of aromatic nitrogens is 2. The molecule has 0 unspecified atom stereocenters. The molecule has 1 heterocycles. The lowest BCUT2D eigenvalue weighted by Gasteiger charge is -2.22. The van der Waals surface area contributed by atoms with Gasteiger partial charge in [-0.1, -0.05) is 57.5 Å². The first-order valence-electron chi connectivity index (χ1n) is 11.8. The number of amides is 3. The molecule has 0 saturated heterocycles. The topological polar surface area (TPSA) is 79.3 Å². The van der Waals surface area contributed by atoms with Crippen LogP contribution in [0.5, 0.6) is 0 Å². The van der Waals surface area contributed by atoms with Crippen LogP contribution in [0.15, 0.2) is 48.5 Å². The van der Waals surface area contributed by atoms with Gasteiger partial charge in [-0.2, -0.15) is 5.10 Å². The Morgan fingerprint density at radius 1 is 1.06 bits per heavy atom. The van der Waals surface area contributed by atoms with E-state index in [9.17, 15) is 9.59 Å². The van der Waals surface area contributed by atoms with Crippen molar-refractivity contribution in [2.24, 2.45) is 0 Å². The van der Waals surface area contributed by atoms with Crippen LogP contribution in [0.2, 0.25) is 5.02 Å². The van der Waals surface area contributed by atoms with E-state index in [1.807, 2.05) is 57.2 Å². The number of halogens is 1. The second-order valence-corrected chi connectivity index (χ2v) is 10.2. The van der Waals surface area contributed by atoms with E-state index in [1.54, 1.807) is 16.8 Å². The van der Waals surface area contributed by atoms with Gasteiger partial charge in [-0.15, -0.1) is 0 Å². The van der Waals surface area contributed by atoms with Crippen molar-refractivity contribution < 1.29 is 9.59 Å². The van der Waals surface area contributed by atoms with E-state index in [0.29, 0.717) is 29.5 Å². The van der Waals surface area contributed by atoms with E-state index >= 15 is 0 Å². The van der Waals surface area contributed by atoms with Crippen LogP contribution in [0.4, 0.5) is 16.3 Å². The first-order chi connectivity index (χ1) is 16.5. The highest BCUT2D eigenvalue weighted by Crippen LogP contribution is 2.27. The molecule has 1 aromatic heterocycles. The summed E-state index contributed by atoms with van der Waals surface area (Å²) >= 11 is 6.18. The standard InChI is InChI=1S/C27H34ClN5O2/c1-7-13-32(26(35)29-20-12-11-19(3)22(28)15-20)17-25(34)30-24-16-23(27(4,5)6)31-33(24)21-10-8-9-18(2)14-21/h8-12,14-16H,7,13,17H2,1-6H3,(H,29,35)(H,30,34). The van der Waals surface area contributed by atoms with Crippen molar-refractivity contribution in [3.05, 3.63) is 70.4 Å². The predicted molar refractivity (Wildman–Crippen MR) is 143 cm³/mol. The maximum absolute atomic E-state index is 13.1. The molecule has 0 aliphatic rings. The molecule has 2 N–H and O–H groups in total. The van der Waals surface area contributed by atoms with Crippen molar-refractivity contribution in [1.29, 1.82) is 0 Å². The average Bonchev–Trinajstić information content (AvgIpc) is 3.20. The average molecular weight is 496 g/mol. The quantitative estimate of drug-likeness (QED) is 0.402. The van der Waals surface area contributed by atoms with Gasteiger partial charge >= 0.3 is 6.03 Å². The monoisotopic (exact) mass is 495 g/mol. The van der Waals surface area contributed by atoms with Gasteiger partial charge in [0.25, 0.3) is 0 Å². The zero-order valence-electron chi connectivity index (χ0n) is 21.3. The molecule has 0 aliphatic heterocycles. The second kappa shape index (κ2) is 11.0. The van der Waals surface area contributed by atoms with Crippen molar-refractivity contribution in [2.45, 2.75) is 53.4 Å². The van der Waals surface area contributed by atoms with Crippen LogP contribution in [0.25, 0.3) is 5.69 Å². The summed E-state index contributed by atoms with van der Waals surface area (Å²) in [6.45, 7) is 12.4. The number of aryl methyl sites for hydroxylation is 2. The molecule has 3 aromatic rings. The number of carbonyl (C=O) groups excluding carboxylic acids is 2. The summed E-state index contributed by atoms with van der Waals surface area (Å²) in [6, 6.07) is 14.8. The van der Waals surface area contributed by atoms with Crippen LogP contribution in [-0.2, 0) is 10.2 Å².